The smallest absolute Gasteiger partial charge is 0.250 e. The number of benzene rings is 2. The monoisotopic (exact) mass is 331 g/mol. The number of para-hydroxylation sites is 1. The van der Waals surface area contributed by atoms with Gasteiger partial charge in [-0.1, -0.05) is 42.5 Å². The number of nitrogens with two attached hydrogens (primary N) is 1. The van der Waals surface area contributed by atoms with Gasteiger partial charge < -0.3 is 16.0 Å². The molecule has 0 bridgehead atoms. The van der Waals surface area contributed by atoms with E-state index >= 15 is 0 Å². The molecule has 2 aromatic carbocycles. The van der Waals surface area contributed by atoms with Crippen molar-refractivity contribution in [1.29, 1.82) is 0 Å². The van der Waals surface area contributed by atoms with Gasteiger partial charge in [0.25, 0.3) is 5.91 Å². The van der Waals surface area contributed by atoms with Gasteiger partial charge >= 0.3 is 0 Å². The Morgan fingerprint density at radius 3 is 2.72 bits per heavy atom. The Labute approximate surface area is 147 Å². The fourth-order valence-corrected chi connectivity index (χ4v) is 3.70. The van der Waals surface area contributed by atoms with Gasteiger partial charge in [0.15, 0.2) is 0 Å². The van der Waals surface area contributed by atoms with Gasteiger partial charge in [-0.15, -0.1) is 0 Å². The summed E-state index contributed by atoms with van der Waals surface area (Å²) >= 11 is 0. The third-order valence-corrected chi connectivity index (χ3v) is 4.96. The highest BCUT2D eigenvalue weighted by Gasteiger charge is 2.23. The molecule has 1 unspecified atom stereocenters. The fraction of sp³-hybridized carbons (Fsp3) is 0.190. The van der Waals surface area contributed by atoms with Crippen molar-refractivity contribution in [2.75, 3.05) is 5.32 Å². The van der Waals surface area contributed by atoms with E-state index in [4.69, 9.17) is 5.73 Å². The van der Waals surface area contributed by atoms with Crippen molar-refractivity contribution in [3.63, 3.8) is 0 Å². The van der Waals surface area contributed by atoms with Gasteiger partial charge in [-0.3, -0.25) is 4.79 Å². The van der Waals surface area contributed by atoms with Crippen LogP contribution >= 0.6 is 0 Å². The lowest BCUT2D eigenvalue weighted by molar-refractivity contribution is 0.1000. The third-order valence-electron chi connectivity index (χ3n) is 4.96. The van der Waals surface area contributed by atoms with Crippen LogP contribution in [0.3, 0.4) is 0 Å². The lowest BCUT2D eigenvalue weighted by atomic mass is 10.1. The van der Waals surface area contributed by atoms with Crippen LogP contribution in [0.15, 0.2) is 54.6 Å². The summed E-state index contributed by atoms with van der Waals surface area (Å²) in [4.78, 5) is 14.8. The van der Waals surface area contributed by atoms with Crippen LogP contribution < -0.4 is 11.1 Å². The van der Waals surface area contributed by atoms with Crippen LogP contribution in [0.25, 0.3) is 11.3 Å². The zero-order valence-corrected chi connectivity index (χ0v) is 14.2. The molecular weight excluding hydrogens is 310 g/mol. The summed E-state index contributed by atoms with van der Waals surface area (Å²) < 4.78 is 0. The predicted octanol–water partition coefficient (Wildman–Crippen LogP) is 4.19. The molecule has 0 fully saturated rings. The molecule has 4 nitrogen and oxygen atoms in total. The highest BCUT2D eigenvalue weighted by Crippen LogP contribution is 2.36. The number of carbonyl (C=O) groups excluding carboxylic acids is 1. The normalized spacial score (nSPS) is 15.8. The van der Waals surface area contributed by atoms with E-state index in [9.17, 15) is 4.79 Å². The maximum Gasteiger partial charge on any atom is 0.250 e. The summed E-state index contributed by atoms with van der Waals surface area (Å²) in [7, 11) is 0. The van der Waals surface area contributed by atoms with E-state index in [1.54, 1.807) is 0 Å². The summed E-state index contributed by atoms with van der Waals surface area (Å²) in [5, 5.41) is 3.69. The van der Waals surface area contributed by atoms with Gasteiger partial charge in [-0.05, 0) is 43.0 Å². The maximum atomic E-state index is 11.6. The van der Waals surface area contributed by atoms with Crippen molar-refractivity contribution >= 4 is 11.6 Å². The molecule has 1 heterocycles. The third kappa shape index (κ3) is 2.80. The first-order valence-electron chi connectivity index (χ1n) is 8.56. The van der Waals surface area contributed by atoms with Crippen LogP contribution in [0.1, 0.15) is 39.6 Å². The Bertz CT molecular complexity index is 942. The Balaban J connectivity index is 1.69. The number of carbonyl (C=O) groups is 1. The standard InChI is InChI=1S/C21H21N3O/c1-13-17(21(22)25)12-20(23-13)16-8-4-5-9-18(16)24-19-11-10-14-6-2-3-7-15(14)19/h2-9,12,19,23-24H,10-11H2,1H3,(H2,22,25). The molecule has 1 aliphatic carbocycles. The van der Waals surface area contributed by atoms with E-state index in [-0.39, 0.29) is 0 Å². The molecule has 126 valence electrons. The number of hydrogen-bond acceptors (Lipinski definition) is 2. The van der Waals surface area contributed by atoms with E-state index in [2.05, 4.69) is 46.7 Å². The van der Waals surface area contributed by atoms with Crippen molar-refractivity contribution in [1.82, 2.24) is 4.98 Å². The van der Waals surface area contributed by atoms with Crippen molar-refractivity contribution in [2.24, 2.45) is 5.73 Å². The van der Waals surface area contributed by atoms with E-state index in [0.717, 1.165) is 35.5 Å². The van der Waals surface area contributed by atoms with Gasteiger partial charge in [0.2, 0.25) is 0 Å². The number of nitrogens with one attached hydrogen (secondary N) is 2. The zero-order valence-electron chi connectivity index (χ0n) is 14.2. The van der Waals surface area contributed by atoms with Gasteiger partial charge in [-0.25, -0.2) is 0 Å². The molecule has 4 N–H and O–H groups in total. The molecule has 1 amide bonds. The first-order valence-corrected chi connectivity index (χ1v) is 8.56. The minimum Gasteiger partial charge on any atom is -0.378 e. The van der Waals surface area contributed by atoms with E-state index in [0.29, 0.717) is 11.6 Å². The predicted molar refractivity (Wildman–Crippen MR) is 101 cm³/mol. The average molecular weight is 331 g/mol. The van der Waals surface area contributed by atoms with Crippen molar-refractivity contribution in [3.05, 3.63) is 77.0 Å². The molecule has 3 aromatic rings. The topological polar surface area (TPSA) is 70.9 Å². The minimum atomic E-state index is -0.407. The largest absolute Gasteiger partial charge is 0.378 e. The molecule has 0 spiro atoms. The lowest BCUT2D eigenvalue weighted by Gasteiger charge is -2.18. The first kappa shape index (κ1) is 15.5. The maximum absolute atomic E-state index is 11.6. The quantitative estimate of drug-likeness (QED) is 0.671. The van der Waals surface area contributed by atoms with Crippen LogP contribution in [0, 0.1) is 6.92 Å². The van der Waals surface area contributed by atoms with E-state index in [1.165, 1.54) is 11.1 Å². The summed E-state index contributed by atoms with van der Waals surface area (Å²) in [6.07, 6.45) is 2.19. The number of fused-ring (bicyclic) bond motifs is 1. The molecule has 0 saturated heterocycles. The van der Waals surface area contributed by atoms with Crippen LogP contribution in [-0.2, 0) is 6.42 Å². The van der Waals surface area contributed by atoms with Crippen LogP contribution in [0.5, 0.6) is 0 Å². The highest BCUT2D eigenvalue weighted by molar-refractivity contribution is 5.96. The Morgan fingerprint density at radius 2 is 1.92 bits per heavy atom. The van der Waals surface area contributed by atoms with Crippen molar-refractivity contribution in [3.8, 4) is 11.3 Å². The first-order chi connectivity index (χ1) is 12.1. The average Bonchev–Trinajstić information content (AvgIpc) is 3.20. The number of anilines is 1. The Hall–Kier alpha value is -3.01. The van der Waals surface area contributed by atoms with Crippen molar-refractivity contribution < 1.29 is 4.79 Å². The second-order valence-electron chi connectivity index (χ2n) is 6.57. The zero-order chi connectivity index (χ0) is 17.4. The highest BCUT2D eigenvalue weighted by atomic mass is 16.1. The molecule has 1 atom stereocenters. The Morgan fingerprint density at radius 1 is 1.16 bits per heavy atom. The summed E-state index contributed by atoms with van der Waals surface area (Å²) in [5.41, 5.74) is 12.6. The number of primary amides is 1. The molecule has 0 aliphatic heterocycles. The summed E-state index contributed by atoms with van der Waals surface area (Å²) in [6.45, 7) is 1.87. The number of hydrogen-bond donors (Lipinski definition) is 3. The van der Waals surface area contributed by atoms with Crippen LogP contribution in [0.2, 0.25) is 0 Å². The summed E-state index contributed by atoms with van der Waals surface area (Å²) in [5.74, 6) is -0.407. The van der Waals surface area contributed by atoms with Crippen molar-refractivity contribution in [2.45, 2.75) is 25.8 Å². The molecule has 25 heavy (non-hydrogen) atoms. The second kappa shape index (κ2) is 6.13. The number of H-pyrrole nitrogens is 1. The fourth-order valence-electron chi connectivity index (χ4n) is 3.70. The molecule has 4 heteroatoms. The van der Waals surface area contributed by atoms with Crippen LogP contribution in [0.4, 0.5) is 5.69 Å². The molecule has 4 rings (SSSR count). The number of aryl methyl sites for hydroxylation is 2. The molecule has 0 saturated carbocycles. The van der Waals surface area contributed by atoms with Gasteiger partial charge in [-0.2, -0.15) is 0 Å². The second-order valence-corrected chi connectivity index (χ2v) is 6.57. The van der Waals surface area contributed by atoms with Gasteiger partial charge in [0, 0.05) is 22.6 Å². The van der Waals surface area contributed by atoms with Gasteiger partial charge in [0.1, 0.15) is 0 Å². The van der Waals surface area contributed by atoms with E-state index < -0.39 is 5.91 Å². The molecular formula is C21H21N3O. The molecule has 1 aromatic heterocycles. The van der Waals surface area contributed by atoms with E-state index in [1.807, 2.05) is 25.1 Å². The minimum absolute atomic E-state index is 0.309. The SMILES string of the molecule is Cc1[nH]c(-c2ccccc2NC2CCc3ccccc32)cc1C(N)=O. The molecule has 1 aliphatic rings. The summed E-state index contributed by atoms with van der Waals surface area (Å²) in [6, 6.07) is 18.9. The lowest BCUT2D eigenvalue weighted by Crippen LogP contribution is -2.10. The number of aromatic amines is 1. The number of amides is 1. The van der Waals surface area contributed by atoms with Crippen LogP contribution in [-0.4, -0.2) is 10.9 Å². The number of aromatic nitrogens is 1. The Kier molecular flexibility index (Phi) is 3.80. The molecule has 0 radical (unpaired) electrons. The number of rotatable bonds is 4. The van der Waals surface area contributed by atoms with Gasteiger partial charge in [0.05, 0.1) is 11.6 Å².